The van der Waals surface area contributed by atoms with Crippen molar-refractivity contribution in [2.75, 3.05) is 6.54 Å². The first-order valence-electron chi connectivity index (χ1n) is 7.48. The van der Waals surface area contributed by atoms with Crippen molar-refractivity contribution < 1.29 is 0 Å². The molecule has 0 bridgehead atoms. The fraction of sp³-hybridized carbons (Fsp3) is 0.929. The van der Waals surface area contributed by atoms with Crippen molar-refractivity contribution in [2.24, 2.45) is 11.8 Å². The standard InChI is InChI=1S/C14H29N5/c1-11(2)7-6-8-13(5)19-14(16-17-18-19)10-15-9-12(3)4/h11-13,15H,6-10H2,1-5H3. The van der Waals surface area contributed by atoms with E-state index in [1.807, 2.05) is 4.68 Å². The first kappa shape index (κ1) is 16.1. The number of nitrogens with one attached hydrogen (secondary N) is 1. The number of aromatic nitrogens is 4. The molecule has 0 saturated carbocycles. The molecule has 0 aromatic carbocycles. The van der Waals surface area contributed by atoms with Gasteiger partial charge in [0.15, 0.2) is 5.82 Å². The molecule has 5 heteroatoms. The van der Waals surface area contributed by atoms with E-state index in [0.29, 0.717) is 12.0 Å². The highest BCUT2D eigenvalue weighted by molar-refractivity contribution is 4.83. The Bertz CT molecular complexity index is 345. The fourth-order valence-electron chi connectivity index (χ4n) is 2.09. The number of rotatable bonds is 9. The van der Waals surface area contributed by atoms with Crippen LogP contribution in [0.4, 0.5) is 0 Å². The molecule has 1 rings (SSSR count). The van der Waals surface area contributed by atoms with Crippen molar-refractivity contribution in [2.45, 2.75) is 66.5 Å². The van der Waals surface area contributed by atoms with Crippen molar-refractivity contribution in [3.8, 4) is 0 Å². The van der Waals surface area contributed by atoms with Gasteiger partial charge in [-0.15, -0.1) is 5.10 Å². The average Bonchev–Trinajstić information content (AvgIpc) is 2.76. The van der Waals surface area contributed by atoms with Gasteiger partial charge in [0.2, 0.25) is 0 Å². The maximum atomic E-state index is 4.13. The summed E-state index contributed by atoms with van der Waals surface area (Å²) in [4.78, 5) is 0. The van der Waals surface area contributed by atoms with Crippen LogP contribution in [0.5, 0.6) is 0 Å². The second-order valence-corrected chi connectivity index (χ2v) is 6.24. The molecular weight excluding hydrogens is 238 g/mol. The van der Waals surface area contributed by atoms with Crippen LogP contribution in [-0.4, -0.2) is 26.8 Å². The molecule has 0 amide bonds. The van der Waals surface area contributed by atoms with Gasteiger partial charge in [0.25, 0.3) is 0 Å². The molecule has 1 aromatic rings. The molecule has 1 unspecified atom stereocenters. The number of nitrogens with zero attached hydrogens (tertiary/aromatic N) is 4. The second-order valence-electron chi connectivity index (χ2n) is 6.24. The lowest BCUT2D eigenvalue weighted by molar-refractivity contribution is 0.395. The summed E-state index contributed by atoms with van der Waals surface area (Å²) < 4.78 is 1.97. The van der Waals surface area contributed by atoms with Gasteiger partial charge in [0.05, 0.1) is 12.6 Å². The summed E-state index contributed by atoms with van der Waals surface area (Å²) >= 11 is 0. The molecule has 1 heterocycles. The summed E-state index contributed by atoms with van der Waals surface area (Å²) in [5.74, 6) is 2.36. The van der Waals surface area contributed by atoms with Gasteiger partial charge in [-0.1, -0.05) is 40.5 Å². The van der Waals surface area contributed by atoms with Crippen molar-refractivity contribution in [3.63, 3.8) is 0 Å². The van der Waals surface area contributed by atoms with Gasteiger partial charge < -0.3 is 5.32 Å². The predicted molar refractivity (Wildman–Crippen MR) is 77.8 cm³/mol. The Morgan fingerprint density at radius 3 is 2.42 bits per heavy atom. The summed E-state index contributed by atoms with van der Waals surface area (Å²) in [6.07, 6.45) is 3.64. The van der Waals surface area contributed by atoms with Crippen LogP contribution in [-0.2, 0) is 6.54 Å². The second kappa shape index (κ2) is 8.25. The lowest BCUT2D eigenvalue weighted by Gasteiger charge is -2.14. The Morgan fingerprint density at radius 1 is 1.05 bits per heavy atom. The van der Waals surface area contributed by atoms with Crippen LogP contribution in [0.1, 0.15) is 65.7 Å². The van der Waals surface area contributed by atoms with E-state index in [4.69, 9.17) is 0 Å². The van der Waals surface area contributed by atoms with E-state index in [1.54, 1.807) is 0 Å². The van der Waals surface area contributed by atoms with Crippen LogP contribution >= 0.6 is 0 Å². The van der Waals surface area contributed by atoms with Crippen molar-refractivity contribution in [1.82, 2.24) is 25.5 Å². The normalized spacial score (nSPS) is 13.4. The van der Waals surface area contributed by atoms with Gasteiger partial charge in [0, 0.05) is 0 Å². The van der Waals surface area contributed by atoms with Crippen LogP contribution in [0.2, 0.25) is 0 Å². The van der Waals surface area contributed by atoms with E-state index < -0.39 is 0 Å². The fourth-order valence-corrected chi connectivity index (χ4v) is 2.09. The summed E-state index contributed by atoms with van der Waals surface area (Å²) in [5, 5.41) is 15.4. The first-order valence-corrected chi connectivity index (χ1v) is 7.48. The third-order valence-corrected chi connectivity index (χ3v) is 3.22. The van der Waals surface area contributed by atoms with E-state index in [2.05, 4.69) is 55.5 Å². The lowest BCUT2D eigenvalue weighted by atomic mass is 10.0. The maximum absolute atomic E-state index is 4.13. The Balaban J connectivity index is 2.42. The zero-order valence-corrected chi connectivity index (χ0v) is 13.1. The minimum atomic E-state index is 0.379. The van der Waals surface area contributed by atoms with E-state index in [-0.39, 0.29) is 0 Å². The zero-order valence-electron chi connectivity index (χ0n) is 13.1. The molecule has 5 nitrogen and oxygen atoms in total. The Hall–Kier alpha value is -0.970. The molecule has 0 fully saturated rings. The van der Waals surface area contributed by atoms with Gasteiger partial charge in [-0.2, -0.15) is 0 Å². The Kier molecular flexibility index (Phi) is 6.99. The maximum Gasteiger partial charge on any atom is 0.165 e. The smallest absolute Gasteiger partial charge is 0.165 e. The molecule has 110 valence electrons. The highest BCUT2D eigenvalue weighted by atomic mass is 15.6. The molecule has 0 aliphatic heterocycles. The summed E-state index contributed by atoms with van der Waals surface area (Å²) in [5.41, 5.74) is 0. The molecule has 0 aliphatic rings. The molecule has 0 aliphatic carbocycles. The van der Waals surface area contributed by atoms with Crippen LogP contribution < -0.4 is 5.32 Å². The molecule has 0 radical (unpaired) electrons. The summed E-state index contributed by atoms with van der Waals surface area (Å²) in [7, 11) is 0. The van der Waals surface area contributed by atoms with Crippen LogP contribution in [0.25, 0.3) is 0 Å². The van der Waals surface area contributed by atoms with Gasteiger partial charge >= 0.3 is 0 Å². The van der Waals surface area contributed by atoms with Gasteiger partial charge in [-0.3, -0.25) is 0 Å². The number of hydrogen-bond acceptors (Lipinski definition) is 4. The predicted octanol–water partition coefficient (Wildman–Crippen LogP) is 2.81. The zero-order chi connectivity index (χ0) is 14.3. The number of hydrogen-bond donors (Lipinski definition) is 1. The highest BCUT2D eigenvalue weighted by Crippen LogP contribution is 2.16. The molecule has 19 heavy (non-hydrogen) atoms. The van der Waals surface area contributed by atoms with Gasteiger partial charge in [0.1, 0.15) is 0 Å². The van der Waals surface area contributed by atoms with Crippen molar-refractivity contribution >= 4 is 0 Å². The Morgan fingerprint density at radius 2 is 1.79 bits per heavy atom. The van der Waals surface area contributed by atoms with Gasteiger partial charge in [-0.25, -0.2) is 4.68 Å². The molecule has 0 saturated heterocycles. The average molecular weight is 267 g/mol. The molecule has 1 atom stereocenters. The van der Waals surface area contributed by atoms with E-state index >= 15 is 0 Å². The van der Waals surface area contributed by atoms with Crippen LogP contribution in [0, 0.1) is 11.8 Å². The van der Waals surface area contributed by atoms with Crippen LogP contribution in [0.15, 0.2) is 0 Å². The number of tetrazole rings is 1. The quantitative estimate of drug-likeness (QED) is 0.747. The van der Waals surface area contributed by atoms with Crippen LogP contribution in [0.3, 0.4) is 0 Å². The van der Waals surface area contributed by atoms with E-state index in [9.17, 15) is 0 Å². The third kappa shape index (κ3) is 6.14. The minimum absolute atomic E-state index is 0.379. The largest absolute Gasteiger partial charge is 0.310 e. The van der Waals surface area contributed by atoms with Crippen molar-refractivity contribution in [1.29, 1.82) is 0 Å². The van der Waals surface area contributed by atoms with E-state index in [1.165, 1.54) is 12.8 Å². The third-order valence-electron chi connectivity index (χ3n) is 3.22. The van der Waals surface area contributed by atoms with Crippen molar-refractivity contribution in [3.05, 3.63) is 5.82 Å². The first-order chi connectivity index (χ1) is 9.00. The highest BCUT2D eigenvalue weighted by Gasteiger charge is 2.12. The lowest BCUT2D eigenvalue weighted by Crippen LogP contribution is -2.22. The van der Waals surface area contributed by atoms with Gasteiger partial charge in [-0.05, 0) is 42.2 Å². The summed E-state index contributed by atoms with van der Waals surface area (Å²) in [6.45, 7) is 12.9. The Labute approximate surface area is 117 Å². The topological polar surface area (TPSA) is 55.6 Å². The SMILES string of the molecule is CC(C)CCCC(C)n1nnnc1CNCC(C)C. The van der Waals surface area contributed by atoms with E-state index in [0.717, 1.165) is 31.3 Å². The molecule has 1 aromatic heterocycles. The molecule has 1 N–H and O–H groups in total. The molecular formula is C14H29N5. The summed E-state index contributed by atoms with van der Waals surface area (Å²) in [6, 6.07) is 0.379. The minimum Gasteiger partial charge on any atom is -0.310 e. The monoisotopic (exact) mass is 267 g/mol. The molecule has 0 spiro atoms.